The normalized spacial score (nSPS) is 17.1. The summed E-state index contributed by atoms with van der Waals surface area (Å²) in [5.74, 6) is -1.18. The molecule has 1 aliphatic rings. The molecule has 3 aromatic rings. The summed E-state index contributed by atoms with van der Waals surface area (Å²) >= 11 is 0. The number of carbonyl (C=O) groups excluding carboxylic acids is 2. The lowest BCUT2D eigenvalue weighted by Crippen LogP contribution is -2.40. The molecule has 0 bridgehead atoms. The fourth-order valence-electron chi connectivity index (χ4n) is 4.76. The average molecular weight is 527 g/mol. The lowest BCUT2D eigenvalue weighted by molar-refractivity contribution is -0.124. The van der Waals surface area contributed by atoms with Crippen LogP contribution >= 0.6 is 0 Å². The zero-order valence-electron chi connectivity index (χ0n) is 21.1. The van der Waals surface area contributed by atoms with Crippen LogP contribution in [0.3, 0.4) is 0 Å². The summed E-state index contributed by atoms with van der Waals surface area (Å²) in [5, 5.41) is 14.4. The van der Waals surface area contributed by atoms with Gasteiger partial charge in [-0.2, -0.15) is 0 Å². The summed E-state index contributed by atoms with van der Waals surface area (Å²) in [6.45, 7) is -0.177. The van der Waals surface area contributed by atoms with Crippen molar-refractivity contribution in [3.8, 4) is 11.5 Å². The zero-order chi connectivity index (χ0) is 27.1. The van der Waals surface area contributed by atoms with Gasteiger partial charge in [0.2, 0.25) is 5.91 Å². The van der Waals surface area contributed by atoms with Crippen molar-refractivity contribution in [1.82, 2.24) is 20.6 Å². The number of aromatic nitrogens is 2. The van der Waals surface area contributed by atoms with E-state index < -0.39 is 29.8 Å². The molecule has 1 aliphatic carbocycles. The maximum absolute atomic E-state index is 14.7. The third-order valence-electron chi connectivity index (χ3n) is 6.65. The number of amides is 2. The minimum Gasteiger partial charge on any atom is -0.497 e. The number of aliphatic hydroxyl groups excluding tert-OH is 1. The van der Waals surface area contributed by atoms with E-state index in [9.17, 15) is 18.8 Å². The highest BCUT2D eigenvalue weighted by Crippen LogP contribution is 2.29. The number of ether oxygens (including phenoxy) is 2. The van der Waals surface area contributed by atoms with Crippen LogP contribution in [0.1, 0.15) is 48.3 Å². The Hall–Kier alpha value is -3.99. The minimum absolute atomic E-state index is 0.0109. The average Bonchev–Trinajstić information content (AvgIpc) is 2.93. The van der Waals surface area contributed by atoms with Gasteiger partial charge in [-0.15, -0.1) is 0 Å². The maximum atomic E-state index is 14.7. The summed E-state index contributed by atoms with van der Waals surface area (Å²) in [5.41, 5.74) is 0.264. The number of aliphatic hydroxyl groups is 1. The number of methoxy groups -OCH3 is 1. The number of fused-ring (bicyclic) bond motifs is 1. The van der Waals surface area contributed by atoms with E-state index in [4.69, 9.17) is 14.6 Å². The van der Waals surface area contributed by atoms with E-state index in [0.717, 1.165) is 37.3 Å². The summed E-state index contributed by atoms with van der Waals surface area (Å²) in [6, 6.07) is 9.67. The summed E-state index contributed by atoms with van der Waals surface area (Å²) < 4.78 is 25.6. The number of aromatic amines is 1. The molecule has 0 aliphatic heterocycles. The monoisotopic (exact) mass is 526 g/mol. The van der Waals surface area contributed by atoms with Crippen molar-refractivity contribution in [3.63, 3.8) is 0 Å². The Morgan fingerprint density at radius 2 is 2.08 bits per heavy atom. The number of nitrogens with zero attached hydrogens (tertiary/aromatic N) is 1. The molecular weight excluding hydrogens is 495 g/mol. The van der Waals surface area contributed by atoms with Gasteiger partial charge in [0.1, 0.15) is 17.7 Å². The van der Waals surface area contributed by atoms with Crippen LogP contribution in [0.2, 0.25) is 0 Å². The predicted octanol–water partition coefficient (Wildman–Crippen LogP) is 2.44. The van der Waals surface area contributed by atoms with Crippen molar-refractivity contribution < 1.29 is 28.6 Å². The van der Waals surface area contributed by atoms with Gasteiger partial charge in [0.05, 0.1) is 19.2 Å². The molecule has 11 heteroatoms. The molecule has 1 heterocycles. The number of hydrogen-bond acceptors (Lipinski definition) is 7. The molecule has 2 aromatic carbocycles. The SMILES string of the molecule is COc1cccc(CNC(=O)c2nc3ccc(F)c(OCCC4CCCC(NC(=O)CO)C4)c3c(=O)[nH]2)c1. The van der Waals surface area contributed by atoms with Gasteiger partial charge in [-0.25, -0.2) is 9.37 Å². The molecule has 0 radical (unpaired) electrons. The molecule has 4 rings (SSSR count). The van der Waals surface area contributed by atoms with Crippen LogP contribution in [0.15, 0.2) is 41.2 Å². The standard InChI is InChI=1S/C27H31FN4O6/c1-37-19-7-3-5-17(13-19)14-29-27(36)25-31-21-9-8-20(28)24(23(21)26(35)32-25)38-11-10-16-4-2-6-18(12-16)30-22(34)15-33/h3,5,7-9,13,16,18,33H,2,4,6,10-12,14-15H2,1H3,(H,29,36)(H,30,34)(H,31,32,35). The van der Waals surface area contributed by atoms with E-state index in [2.05, 4.69) is 20.6 Å². The number of rotatable bonds is 10. The zero-order valence-corrected chi connectivity index (χ0v) is 21.1. The molecule has 2 atom stereocenters. The van der Waals surface area contributed by atoms with Crippen LogP contribution in [-0.2, 0) is 11.3 Å². The van der Waals surface area contributed by atoms with Gasteiger partial charge in [0.15, 0.2) is 17.4 Å². The lowest BCUT2D eigenvalue weighted by Gasteiger charge is -2.29. The second kappa shape index (κ2) is 12.5. The van der Waals surface area contributed by atoms with Crippen LogP contribution in [0.5, 0.6) is 11.5 Å². The van der Waals surface area contributed by atoms with E-state index in [1.165, 1.54) is 6.07 Å². The van der Waals surface area contributed by atoms with Crippen LogP contribution in [0.4, 0.5) is 4.39 Å². The molecule has 1 saturated carbocycles. The Labute approximate surface area is 218 Å². The fraction of sp³-hybridized carbons (Fsp3) is 0.407. The summed E-state index contributed by atoms with van der Waals surface area (Å²) in [4.78, 5) is 43.7. The van der Waals surface area contributed by atoms with Crippen molar-refractivity contribution in [1.29, 1.82) is 0 Å². The van der Waals surface area contributed by atoms with Gasteiger partial charge in [0.25, 0.3) is 11.5 Å². The van der Waals surface area contributed by atoms with Gasteiger partial charge in [-0.1, -0.05) is 25.0 Å². The highest BCUT2D eigenvalue weighted by atomic mass is 19.1. The van der Waals surface area contributed by atoms with E-state index in [-0.39, 0.29) is 47.6 Å². The molecular formula is C27H31FN4O6. The molecule has 202 valence electrons. The van der Waals surface area contributed by atoms with Crippen LogP contribution < -0.4 is 25.7 Å². The topological polar surface area (TPSA) is 143 Å². The van der Waals surface area contributed by atoms with E-state index in [0.29, 0.717) is 12.2 Å². The van der Waals surface area contributed by atoms with Crippen LogP contribution in [0.25, 0.3) is 10.9 Å². The Morgan fingerprint density at radius 1 is 1.24 bits per heavy atom. The molecule has 1 aromatic heterocycles. The maximum Gasteiger partial charge on any atom is 0.287 e. The third kappa shape index (κ3) is 6.65. The van der Waals surface area contributed by atoms with Gasteiger partial charge in [-0.05, 0) is 55.0 Å². The van der Waals surface area contributed by atoms with E-state index in [1.807, 2.05) is 6.07 Å². The minimum atomic E-state index is -0.697. The highest BCUT2D eigenvalue weighted by molar-refractivity contribution is 5.93. The molecule has 0 spiro atoms. The largest absolute Gasteiger partial charge is 0.497 e. The molecule has 1 fully saturated rings. The van der Waals surface area contributed by atoms with Gasteiger partial charge < -0.3 is 30.2 Å². The van der Waals surface area contributed by atoms with Crippen molar-refractivity contribution in [2.45, 2.75) is 44.7 Å². The first kappa shape index (κ1) is 27.1. The highest BCUT2D eigenvalue weighted by Gasteiger charge is 2.24. The molecule has 4 N–H and O–H groups in total. The van der Waals surface area contributed by atoms with Crippen molar-refractivity contribution in [3.05, 3.63) is 64.0 Å². The van der Waals surface area contributed by atoms with Gasteiger partial charge in [-0.3, -0.25) is 14.4 Å². The summed E-state index contributed by atoms with van der Waals surface area (Å²) in [6.07, 6.45) is 4.07. The number of H-pyrrole nitrogens is 1. The first-order valence-corrected chi connectivity index (χ1v) is 12.5. The predicted molar refractivity (Wildman–Crippen MR) is 138 cm³/mol. The Morgan fingerprint density at radius 3 is 2.87 bits per heavy atom. The first-order valence-electron chi connectivity index (χ1n) is 12.5. The molecule has 10 nitrogen and oxygen atoms in total. The second-order valence-corrected chi connectivity index (χ2v) is 9.31. The number of nitrogens with one attached hydrogen (secondary N) is 3. The number of carbonyl (C=O) groups is 2. The summed E-state index contributed by atoms with van der Waals surface area (Å²) in [7, 11) is 1.55. The smallest absolute Gasteiger partial charge is 0.287 e. The second-order valence-electron chi connectivity index (χ2n) is 9.31. The molecule has 2 unspecified atom stereocenters. The van der Waals surface area contributed by atoms with Crippen molar-refractivity contribution in [2.24, 2.45) is 5.92 Å². The Bertz CT molecular complexity index is 1360. The van der Waals surface area contributed by atoms with E-state index >= 15 is 0 Å². The molecule has 0 saturated heterocycles. The number of benzene rings is 2. The van der Waals surface area contributed by atoms with Crippen LogP contribution in [0, 0.1) is 11.7 Å². The third-order valence-corrected chi connectivity index (χ3v) is 6.65. The van der Waals surface area contributed by atoms with Gasteiger partial charge in [0, 0.05) is 12.6 Å². The lowest BCUT2D eigenvalue weighted by atomic mass is 9.84. The fourth-order valence-corrected chi connectivity index (χ4v) is 4.76. The number of hydrogen-bond donors (Lipinski definition) is 4. The quantitative estimate of drug-likeness (QED) is 0.318. The van der Waals surface area contributed by atoms with Crippen molar-refractivity contribution in [2.75, 3.05) is 20.3 Å². The van der Waals surface area contributed by atoms with Crippen molar-refractivity contribution >= 4 is 22.7 Å². The van der Waals surface area contributed by atoms with Gasteiger partial charge >= 0.3 is 0 Å². The Kier molecular flexibility index (Phi) is 8.90. The van der Waals surface area contributed by atoms with E-state index in [1.54, 1.807) is 25.3 Å². The Balaban J connectivity index is 1.42. The van der Waals surface area contributed by atoms with Crippen LogP contribution in [-0.4, -0.2) is 53.3 Å². The molecule has 2 amide bonds. The number of halogens is 1. The molecule has 38 heavy (non-hydrogen) atoms. The first-order chi connectivity index (χ1) is 18.4.